The van der Waals surface area contributed by atoms with Crippen molar-refractivity contribution in [2.24, 2.45) is 0 Å². The van der Waals surface area contributed by atoms with E-state index < -0.39 is 0 Å². The van der Waals surface area contributed by atoms with Gasteiger partial charge in [0.25, 0.3) is 0 Å². The Bertz CT molecular complexity index is 2110. The first-order valence-corrected chi connectivity index (χ1v) is 12.9. The highest BCUT2D eigenvalue weighted by Crippen LogP contribution is 2.38. The van der Waals surface area contributed by atoms with Gasteiger partial charge in [-0.2, -0.15) is 0 Å². The van der Waals surface area contributed by atoms with E-state index in [-0.39, 0.29) is 0 Å². The largest absolute Gasteiger partial charge is 0.285 e. The molecule has 0 saturated heterocycles. The molecule has 178 valence electrons. The van der Waals surface area contributed by atoms with E-state index in [0.717, 1.165) is 33.8 Å². The van der Waals surface area contributed by atoms with E-state index in [9.17, 15) is 0 Å². The number of para-hydroxylation sites is 1. The highest BCUT2D eigenvalue weighted by atomic mass is 15.2. The van der Waals surface area contributed by atoms with Crippen LogP contribution in [0.25, 0.3) is 66.4 Å². The van der Waals surface area contributed by atoms with Gasteiger partial charge in [0.1, 0.15) is 0 Å². The Hall–Kier alpha value is -5.15. The molecule has 8 aromatic rings. The van der Waals surface area contributed by atoms with Crippen molar-refractivity contribution in [3.05, 3.63) is 140 Å². The van der Waals surface area contributed by atoms with Gasteiger partial charge in [0.05, 0.1) is 22.2 Å². The van der Waals surface area contributed by atoms with Gasteiger partial charge in [0, 0.05) is 22.5 Å². The fourth-order valence-electron chi connectivity index (χ4n) is 5.80. The molecular weight excluding hydrogens is 462 g/mol. The third kappa shape index (κ3) is 3.06. The zero-order chi connectivity index (χ0) is 25.1. The molecule has 0 bridgehead atoms. The minimum absolute atomic E-state index is 0.893. The Balaban J connectivity index is 1.40. The van der Waals surface area contributed by atoms with E-state index in [1.807, 2.05) is 6.07 Å². The summed E-state index contributed by atoms with van der Waals surface area (Å²) in [5.74, 6) is 0.893. The summed E-state index contributed by atoms with van der Waals surface area (Å²) < 4.78 is 4.52. The van der Waals surface area contributed by atoms with Crippen LogP contribution in [0.4, 0.5) is 0 Å². The van der Waals surface area contributed by atoms with Gasteiger partial charge in [-0.3, -0.25) is 8.97 Å². The third-order valence-electron chi connectivity index (χ3n) is 7.56. The second kappa shape index (κ2) is 8.19. The minimum atomic E-state index is 0.893. The average Bonchev–Trinajstić information content (AvgIpc) is 3.54. The maximum absolute atomic E-state index is 5.31. The molecule has 5 aromatic carbocycles. The average molecular weight is 486 g/mol. The topological polar surface area (TPSA) is 22.2 Å². The van der Waals surface area contributed by atoms with Crippen molar-refractivity contribution in [2.75, 3.05) is 0 Å². The smallest absolute Gasteiger partial charge is 0.220 e. The number of fused-ring (bicyclic) bond motifs is 6. The SMILES string of the molecule is c1ccc(-c2ccc(-c3nc(-n4c5ccccc5c5c6ccccc6ccc54)n4ccccc34)cc2)cc1. The summed E-state index contributed by atoms with van der Waals surface area (Å²) in [4.78, 5) is 5.31. The van der Waals surface area contributed by atoms with Crippen molar-refractivity contribution >= 4 is 38.1 Å². The molecule has 38 heavy (non-hydrogen) atoms. The number of hydrogen-bond acceptors (Lipinski definition) is 1. The van der Waals surface area contributed by atoms with Crippen LogP contribution in [0.15, 0.2) is 140 Å². The van der Waals surface area contributed by atoms with Crippen LogP contribution in [0.3, 0.4) is 0 Å². The molecule has 0 amide bonds. The zero-order valence-corrected chi connectivity index (χ0v) is 20.6. The number of benzene rings is 5. The first kappa shape index (κ1) is 21.0. The Labute approximate surface area is 219 Å². The lowest BCUT2D eigenvalue weighted by Gasteiger charge is -2.07. The molecule has 3 aromatic heterocycles. The Morgan fingerprint density at radius 3 is 1.97 bits per heavy atom. The summed E-state index contributed by atoms with van der Waals surface area (Å²) >= 11 is 0. The van der Waals surface area contributed by atoms with Gasteiger partial charge in [0.2, 0.25) is 5.95 Å². The number of rotatable bonds is 3. The van der Waals surface area contributed by atoms with Gasteiger partial charge < -0.3 is 0 Å². The van der Waals surface area contributed by atoms with Crippen LogP contribution in [-0.2, 0) is 0 Å². The third-order valence-corrected chi connectivity index (χ3v) is 7.56. The molecule has 0 aliphatic heterocycles. The molecule has 0 atom stereocenters. The van der Waals surface area contributed by atoms with E-state index in [2.05, 4.69) is 143 Å². The maximum Gasteiger partial charge on any atom is 0.220 e. The molecule has 0 spiro atoms. The molecule has 0 saturated carbocycles. The standard InChI is InChI=1S/C35H23N3/c1-2-10-24(11-3-1)25-17-19-27(20-18-25)34-32-16-8-9-23-37(32)35(36-34)38-30-15-7-6-14-29(30)33-28-13-5-4-12-26(28)21-22-31(33)38/h1-23H. The van der Waals surface area contributed by atoms with Crippen LogP contribution in [0.2, 0.25) is 0 Å². The van der Waals surface area contributed by atoms with E-state index in [0.29, 0.717) is 0 Å². The molecule has 3 heteroatoms. The highest BCUT2D eigenvalue weighted by molar-refractivity contribution is 6.21. The normalized spacial score (nSPS) is 11.7. The van der Waals surface area contributed by atoms with Gasteiger partial charge >= 0.3 is 0 Å². The molecule has 0 fully saturated rings. The van der Waals surface area contributed by atoms with E-state index in [4.69, 9.17) is 4.98 Å². The van der Waals surface area contributed by atoms with Gasteiger partial charge in [-0.05, 0) is 46.2 Å². The number of imidazole rings is 1. The van der Waals surface area contributed by atoms with E-state index in [1.165, 1.54) is 32.7 Å². The molecule has 0 aliphatic rings. The molecule has 3 nitrogen and oxygen atoms in total. The summed E-state index contributed by atoms with van der Waals surface area (Å²) in [7, 11) is 0. The Morgan fingerprint density at radius 1 is 0.447 bits per heavy atom. The first-order valence-electron chi connectivity index (χ1n) is 12.9. The van der Waals surface area contributed by atoms with Crippen LogP contribution in [0.5, 0.6) is 0 Å². The quantitative estimate of drug-likeness (QED) is 0.245. The molecule has 0 unspecified atom stereocenters. The molecule has 0 aliphatic carbocycles. The summed E-state index contributed by atoms with van der Waals surface area (Å²) in [5.41, 5.74) is 7.89. The summed E-state index contributed by atoms with van der Waals surface area (Å²) in [6, 6.07) is 47.3. The van der Waals surface area contributed by atoms with Gasteiger partial charge in [-0.15, -0.1) is 0 Å². The van der Waals surface area contributed by atoms with Crippen molar-refractivity contribution in [1.82, 2.24) is 14.0 Å². The van der Waals surface area contributed by atoms with Gasteiger partial charge in [-0.1, -0.05) is 109 Å². The molecule has 0 N–H and O–H groups in total. The number of nitrogens with zero attached hydrogens (tertiary/aromatic N) is 3. The molecule has 0 radical (unpaired) electrons. The predicted molar refractivity (Wildman–Crippen MR) is 158 cm³/mol. The lowest BCUT2D eigenvalue weighted by atomic mass is 10.0. The highest BCUT2D eigenvalue weighted by Gasteiger charge is 2.20. The lowest BCUT2D eigenvalue weighted by Crippen LogP contribution is -2.00. The lowest BCUT2D eigenvalue weighted by molar-refractivity contribution is 0.984. The zero-order valence-electron chi connectivity index (χ0n) is 20.6. The van der Waals surface area contributed by atoms with Crippen LogP contribution in [-0.4, -0.2) is 14.0 Å². The van der Waals surface area contributed by atoms with Gasteiger partial charge in [-0.25, -0.2) is 4.98 Å². The van der Waals surface area contributed by atoms with Crippen molar-refractivity contribution in [1.29, 1.82) is 0 Å². The Morgan fingerprint density at radius 2 is 1.11 bits per heavy atom. The summed E-state index contributed by atoms with van der Waals surface area (Å²) in [6.45, 7) is 0. The molecular formula is C35H23N3. The van der Waals surface area contributed by atoms with Crippen molar-refractivity contribution in [3.8, 4) is 28.3 Å². The van der Waals surface area contributed by atoms with Crippen LogP contribution >= 0.6 is 0 Å². The second-order valence-electron chi connectivity index (χ2n) is 9.69. The fraction of sp³-hybridized carbons (Fsp3) is 0. The van der Waals surface area contributed by atoms with Crippen molar-refractivity contribution in [3.63, 3.8) is 0 Å². The minimum Gasteiger partial charge on any atom is -0.285 e. The number of aromatic nitrogens is 3. The molecule has 8 rings (SSSR count). The van der Waals surface area contributed by atoms with Crippen LogP contribution in [0.1, 0.15) is 0 Å². The number of hydrogen-bond donors (Lipinski definition) is 0. The fourth-order valence-corrected chi connectivity index (χ4v) is 5.80. The van der Waals surface area contributed by atoms with Crippen LogP contribution in [0, 0.1) is 0 Å². The van der Waals surface area contributed by atoms with Crippen LogP contribution < -0.4 is 0 Å². The van der Waals surface area contributed by atoms with Gasteiger partial charge in [0.15, 0.2) is 0 Å². The summed E-state index contributed by atoms with van der Waals surface area (Å²) in [6.07, 6.45) is 2.11. The first-order chi connectivity index (χ1) is 18.9. The van der Waals surface area contributed by atoms with E-state index in [1.54, 1.807) is 0 Å². The second-order valence-corrected chi connectivity index (χ2v) is 9.69. The monoisotopic (exact) mass is 485 g/mol. The van der Waals surface area contributed by atoms with Crippen molar-refractivity contribution in [2.45, 2.75) is 0 Å². The molecule has 3 heterocycles. The van der Waals surface area contributed by atoms with E-state index >= 15 is 0 Å². The summed E-state index contributed by atoms with van der Waals surface area (Å²) in [5, 5.41) is 5.01. The maximum atomic E-state index is 5.31. The predicted octanol–water partition coefficient (Wildman–Crippen LogP) is 8.92. The Kier molecular flexibility index (Phi) is 4.52. The number of pyridine rings is 1. The van der Waals surface area contributed by atoms with Crippen molar-refractivity contribution < 1.29 is 0 Å².